The van der Waals surface area contributed by atoms with Gasteiger partial charge in [0.1, 0.15) is 12.1 Å². The maximum atomic E-state index is 13.2. The van der Waals surface area contributed by atoms with Crippen LogP contribution in [0.5, 0.6) is 0 Å². The standard InChI is InChI=1S/C24H19N3O3/c1-24(19-12-11-16-7-5-6-10-18(16)13-19)22(28)27(23(29)26-24)15-21-25-14-20(30-21)17-8-3-2-4-9-17/h2-14H,15H2,1H3,(H,26,29)/t24-/m1/s1. The Morgan fingerprint density at radius 3 is 2.50 bits per heavy atom. The summed E-state index contributed by atoms with van der Waals surface area (Å²) in [4.78, 5) is 31.3. The van der Waals surface area contributed by atoms with E-state index in [1.54, 1.807) is 13.1 Å². The Balaban J connectivity index is 1.42. The molecule has 6 heteroatoms. The van der Waals surface area contributed by atoms with Crippen LogP contribution in [0.2, 0.25) is 0 Å². The molecular formula is C24H19N3O3. The SMILES string of the molecule is C[C@]1(c2ccc3ccccc3c2)NC(=O)N(Cc2ncc(-c3ccccc3)o2)C1=O. The van der Waals surface area contributed by atoms with Crippen molar-refractivity contribution in [2.75, 3.05) is 0 Å². The summed E-state index contributed by atoms with van der Waals surface area (Å²) in [6.07, 6.45) is 1.60. The van der Waals surface area contributed by atoms with E-state index >= 15 is 0 Å². The fraction of sp³-hybridized carbons (Fsp3) is 0.125. The van der Waals surface area contributed by atoms with Crippen LogP contribution in [-0.2, 0) is 16.9 Å². The Labute approximate surface area is 173 Å². The highest BCUT2D eigenvalue weighted by molar-refractivity contribution is 6.07. The number of fused-ring (bicyclic) bond motifs is 1. The van der Waals surface area contributed by atoms with Gasteiger partial charge in [-0.25, -0.2) is 9.78 Å². The van der Waals surface area contributed by atoms with Crippen LogP contribution in [0.1, 0.15) is 18.4 Å². The van der Waals surface area contributed by atoms with Gasteiger partial charge in [0.2, 0.25) is 5.89 Å². The molecule has 0 bridgehead atoms. The third-order valence-corrected chi connectivity index (χ3v) is 5.51. The highest BCUT2D eigenvalue weighted by atomic mass is 16.4. The second-order valence-corrected chi connectivity index (χ2v) is 7.49. The van der Waals surface area contributed by atoms with Gasteiger partial charge in [-0.1, -0.05) is 66.7 Å². The molecule has 148 valence electrons. The van der Waals surface area contributed by atoms with Crippen LogP contribution < -0.4 is 5.32 Å². The fourth-order valence-corrected chi connectivity index (χ4v) is 3.79. The number of carbonyl (C=O) groups is 2. The van der Waals surface area contributed by atoms with Crippen molar-refractivity contribution in [3.05, 3.63) is 90.4 Å². The summed E-state index contributed by atoms with van der Waals surface area (Å²) in [5.74, 6) is 0.567. The molecule has 1 N–H and O–H groups in total. The number of hydrogen-bond acceptors (Lipinski definition) is 4. The number of amides is 3. The largest absolute Gasteiger partial charge is 0.439 e. The third kappa shape index (κ3) is 2.93. The first-order valence-electron chi connectivity index (χ1n) is 9.68. The van der Waals surface area contributed by atoms with Crippen LogP contribution in [-0.4, -0.2) is 21.8 Å². The van der Waals surface area contributed by atoms with Crippen molar-refractivity contribution in [2.24, 2.45) is 0 Å². The van der Waals surface area contributed by atoms with Gasteiger partial charge in [0.25, 0.3) is 5.91 Å². The van der Waals surface area contributed by atoms with E-state index in [9.17, 15) is 9.59 Å². The maximum absolute atomic E-state index is 13.2. The van der Waals surface area contributed by atoms with E-state index in [2.05, 4.69) is 10.3 Å². The van der Waals surface area contributed by atoms with E-state index in [-0.39, 0.29) is 12.5 Å². The minimum Gasteiger partial charge on any atom is -0.439 e. The van der Waals surface area contributed by atoms with Crippen molar-refractivity contribution in [3.63, 3.8) is 0 Å². The third-order valence-electron chi connectivity index (χ3n) is 5.51. The van der Waals surface area contributed by atoms with Crippen LogP contribution in [0.25, 0.3) is 22.1 Å². The molecule has 30 heavy (non-hydrogen) atoms. The average Bonchev–Trinajstić information content (AvgIpc) is 3.33. The van der Waals surface area contributed by atoms with Gasteiger partial charge in [0.15, 0.2) is 5.76 Å². The van der Waals surface area contributed by atoms with E-state index < -0.39 is 11.6 Å². The molecule has 0 radical (unpaired) electrons. The monoisotopic (exact) mass is 397 g/mol. The lowest BCUT2D eigenvalue weighted by atomic mass is 9.90. The van der Waals surface area contributed by atoms with Gasteiger partial charge in [0, 0.05) is 5.56 Å². The molecule has 0 saturated carbocycles. The van der Waals surface area contributed by atoms with E-state index in [4.69, 9.17) is 4.42 Å². The van der Waals surface area contributed by atoms with Crippen molar-refractivity contribution < 1.29 is 14.0 Å². The minimum atomic E-state index is -1.14. The molecule has 1 fully saturated rings. The normalized spacial score (nSPS) is 18.8. The first kappa shape index (κ1) is 18.1. The number of hydrogen-bond donors (Lipinski definition) is 1. The van der Waals surface area contributed by atoms with Crippen LogP contribution in [0.15, 0.2) is 83.4 Å². The summed E-state index contributed by atoms with van der Waals surface area (Å²) in [6, 6.07) is 22.8. The zero-order chi connectivity index (χ0) is 20.7. The first-order valence-corrected chi connectivity index (χ1v) is 9.68. The van der Waals surface area contributed by atoms with Gasteiger partial charge in [0.05, 0.1) is 6.20 Å². The molecule has 4 aromatic rings. The Bertz CT molecular complexity index is 1260. The van der Waals surface area contributed by atoms with E-state index in [1.165, 1.54) is 0 Å². The number of aromatic nitrogens is 1. The maximum Gasteiger partial charge on any atom is 0.325 e. The minimum absolute atomic E-state index is 0.0271. The summed E-state index contributed by atoms with van der Waals surface area (Å²) in [5, 5.41) is 4.92. The first-order chi connectivity index (χ1) is 14.5. The zero-order valence-electron chi connectivity index (χ0n) is 16.3. The second kappa shape index (κ2) is 6.84. The fourth-order valence-electron chi connectivity index (χ4n) is 3.79. The predicted octanol–water partition coefficient (Wildman–Crippen LogP) is 4.46. The number of benzene rings is 3. The molecule has 3 aromatic carbocycles. The van der Waals surface area contributed by atoms with Crippen molar-refractivity contribution >= 4 is 22.7 Å². The number of oxazole rings is 1. The molecule has 1 aliphatic heterocycles. The summed E-state index contributed by atoms with van der Waals surface area (Å²) in [5.41, 5.74) is 0.476. The summed E-state index contributed by atoms with van der Waals surface area (Å²) >= 11 is 0. The number of urea groups is 1. The van der Waals surface area contributed by atoms with Gasteiger partial charge < -0.3 is 9.73 Å². The summed E-state index contributed by atoms with van der Waals surface area (Å²) in [7, 11) is 0. The molecule has 1 aromatic heterocycles. The van der Waals surface area contributed by atoms with Gasteiger partial charge in [-0.3, -0.25) is 9.69 Å². The summed E-state index contributed by atoms with van der Waals surface area (Å²) < 4.78 is 5.77. The van der Waals surface area contributed by atoms with Crippen molar-refractivity contribution in [1.29, 1.82) is 0 Å². The van der Waals surface area contributed by atoms with E-state index in [1.807, 2.05) is 72.8 Å². The van der Waals surface area contributed by atoms with Crippen molar-refractivity contribution in [2.45, 2.75) is 19.0 Å². The smallest absolute Gasteiger partial charge is 0.325 e. The van der Waals surface area contributed by atoms with Crippen LogP contribution >= 0.6 is 0 Å². The van der Waals surface area contributed by atoms with E-state index in [0.29, 0.717) is 11.7 Å². The van der Waals surface area contributed by atoms with Crippen LogP contribution in [0, 0.1) is 0 Å². The van der Waals surface area contributed by atoms with Gasteiger partial charge in [-0.2, -0.15) is 0 Å². The molecule has 1 aliphatic rings. The second-order valence-electron chi connectivity index (χ2n) is 7.49. The molecule has 5 rings (SSSR count). The van der Waals surface area contributed by atoms with Crippen molar-refractivity contribution in [1.82, 2.24) is 15.2 Å². The average molecular weight is 397 g/mol. The molecule has 1 saturated heterocycles. The number of nitrogens with one attached hydrogen (secondary N) is 1. The molecule has 2 heterocycles. The lowest BCUT2D eigenvalue weighted by molar-refractivity contribution is -0.131. The van der Waals surface area contributed by atoms with Gasteiger partial charge in [-0.15, -0.1) is 0 Å². The Morgan fingerprint density at radius 2 is 1.70 bits per heavy atom. The van der Waals surface area contributed by atoms with Gasteiger partial charge in [-0.05, 0) is 29.3 Å². The summed E-state index contributed by atoms with van der Waals surface area (Å²) in [6.45, 7) is 1.70. The van der Waals surface area contributed by atoms with Gasteiger partial charge >= 0.3 is 6.03 Å². The highest BCUT2D eigenvalue weighted by Gasteiger charge is 2.49. The van der Waals surface area contributed by atoms with Crippen LogP contribution in [0.4, 0.5) is 4.79 Å². The number of nitrogens with zero attached hydrogens (tertiary/aromatic N) is 2. The molecule has 0 unspecified atom stereocenters. The molecule has 1 atom stereocenters. The van der Waals surface area contributed by atoms with Crippen LogP contribution in [0.3, 0.4) is 0 Å². The zero-order valence-corrected chi connectivity index (χ0v) is 16.3. The highest BCUT2D eigenvalue weighted by Crippen LogP contribution is 2.32. The molecule has 6 nitrogen and oxygen atoms in total. The molecule has 3 amide bonds. The quantitative estimate of drug-likeness (QED) is 0.516. The Morgan fingerprint density at radius 1 is 0.967 bits per heavy atom. The van der Waals surface area contributed by atoms with Crippen molar-refractivity contribution in [3.8, 4) is 11.3 Å². The Kier molecular flexibility index (Phi) is 4.13. The number of imide groups is 1. The lowest BCUT2D eigenvalue weighted by Gasteiger charge is -2.22. The predicted molar refractivity (Wildman–Crippen MR) is 112 cm³/mol. The number of carbonyl (C=O) groups excluding carboxylic acids is 2. The van der Waals surface area contributed by atoms with E-state index in [0.717, 1.165) is 26.8 Å². The molecular weight excluding hydrogens is 378 g/mol. The number of rotatable bonds is 4. The Hall–Kier alpha value is -3.93. The topological polar surface area (TPSA) is 75.4 Å². The molecule has 0 spiro atoms. The lowest BCUT2D eigenvalue weighted by Crippen LogP contribution is -2.40. The molecule has 0 aliphatic carbocycles.